The quantitative estimate of drug-likeness (QED) is 0.851. The lowest BCUT2D eigenvalue weighted by Crippen LogP contribution is -2.42. The van der Waals surface area contributed by atoms with Crippen molar-refractivity contribution in [2.75, 3.05) is 37.7 Å². The number of morpholine rings is 1. The molecule has 7 nitrogen and oxygen atoms in total. The van der Waals surface area contributed by atoms with Crippen LogP contribution in [0.3, 0.4) is 0 Å². The van der Waals surface area contributed by atoms with Gasteiger partial charge in [-0.05, 0) is 31.9 Å². The monoisotopic (exact) mass is 342 g/mol. The van der Waals surface area contributed by atoms with Crippen molar-refractivity contribution in [3.63, 3.8) is 0 Å². The van der Waals surface area contributed by atoms with Crippen molar-refractivity contribution in [1.29, 1.82) is 0 Å². The van der Waals surface area contributed by atoms with Crippen LogP contribution in [0.2, 0.25) is 0 Å². The molecule has 7 heteroatoms. The summed E-state index contributed by atoms with van der Waals surface area (Å²) in [5.74, 6) is 1.06. The van der Waals surface area contributed by atoms with Gasteiger partial charge in [0.05, 0.1) is 25.1 Å². The summed E-state index contributed by atoms with van der Waals surface area (Å²) >= 11 is 0. The Morgan fingerprint density at radius 3 is 2.84 bits per heavy atom. The van der Waals surface area contributed by atoms with Gasteiger partial charge in [0, 0.05) is 31.4 Å². The Bertz CT molecular complexity index is 754. The zero-order valence-electron chi connectivity index (χ0n) is 14.4. The second-order valence-corrected chi connectivity index (χ2v) is 6.52. The van der Waals surface area contributed by atoms with Crippen molar-refractivity contribution in [3.05, 3.63) is 41.6 Å². The third-order valence-electron chi connectivity index (χ3n) is 4.79. The number of aryl methyl sites for hydroxylation is 1. The first-order valence-corrected chi connectivity index (χ1v) is 8.75. The maximum Gasteiger partial charge on any atom is 0.290 e. The molecular formula is C18H22N4O3. The predicted octanol–water partition coefficient (Wildman–Crippen LogP) is 2.19. The van der Waals surface area contributed by atoms with E-state index in [9.17, 15) is 4.79 Å². The number of carbonyl (C=O) groups is 1. The Labute approximate surface area is 146 Å². The average Bonchev–Trinajstić information content (AvgIpc) is 3.33. The molecule has 2 aliphatic rings. The van der Waals surface area contributed by atoms with E-state index in [-0.39, 0.29) is 12.0 Å². The zero-order valence-corrected chi connectivity index (χ0v) is 14.4. The van der Waals surface area contributed by atoms with Gasteiger partial charge in [-0.2, -0.15) is 0 Å². The minimum Gasteiger partial charge on any atom is -0.459 e. The van der Waals surface area contributed by atoms with Crippen LogP contribution in [0.1, 0.15) is 40.8 Å². The fourth-order valence-corrected chi connectivity index (χ4v) is 3.36. The molecule has 0 radical (unpaired) electrons. The maximum absolute atomic E-state index is 12.7. The van der Waals surface area contributed by atoms with Gasteiger partial charge in [-0.15, -0.1) is 0 Å². The molecule has 0 spiro atoms. The smallest absolute Gasteiger partial charge is 0.290 e. The summed E-state index contributed by atoms with van der Waals surface area (Å²) in [6.45, 7) is 5.38. The van der Waals surface area contributed by atoms with E-state index in [0.717, 1.165) is 30.3 Å². The molecule has 0 N–H and O–H groups in total. The van der Waals surface area contributed by atoms with Crippen molar-refractivity contribution < 1.29 is 13.9 Å². The number of rotatable bonds is 3. The Morgan fingerprint density at radius 2 is 2.08 bits per heavy atom. The highest BCUT2D eigenvalue weighted by molar-refractivity contribution is 5.92. The summed E-state index contributed by atoms with van der Waals surface area (Å²) in [5, 5.41) is 0. The normalized spacial score (nSPS) is 20.9. The topological polar surface area (TPSA) is 71.7 Å². The van der Waals surface area contributed by atoms with Crippen LogP contribution in [-0.2, 0) is 4.74 Å². The van der Waals surface area contributed by atoms with E-state index in [1.807, 2.05) is 13.0 Å². The van der Waals surface area contributed by atoms with Gasteiger partial charge < -0.3 is 19.0 Å². The first-order valence-electron chi connectivity index (χ1n) is 8.75. The van der Waals surface area contributed by atoms with Gasteiger partial charge in [-0.25, -0.2) is 9.97 Å². The minimum absolute atomic E-state index is 0.0929. The predicted molar refractivity (Wildman–Crippen MR) is 91.5 cm³/mol. The first kappa shape index (κ1) is 16.1. The summed E-state index contributed by atoms with van der Waals surface area (Å²) < 4.78 is 11.2. The van der Waals surface area contributed by atoms with E-state index in [1.54, 1.807) is 23.4 Å². The Balaban J connectivity index is 1.50. The van der Waals surface area contributed by atoms with Crippen molar-refractivity contribution in [2.24, 2.45) is 0 Å². The molecule has 25 heavy (non-hydrogen) atoms. The molecule has 0 unspecified atom stereocenters. The lowest BCUT2D eigenvalue weighted by atomic mass is 10.1. The fourth-order valence-electron chi connectivity index (χ4n) is 3.36. The molecule has 2 fully saturated rings. The summed E-state index contributed by atoms with van der Waals surface area (Å²) in [5.41, 5.74) is 1.68. The van der Waals surface area contributed by atoms with Gasteiger partial charge in [0.15, 0.2) is 5.76 Å². The third kappa shape index (κ3) is 3.24. The number of furan rings is 1. The van der Waals surface area contributed by atoms with Crippen molar-refractivity contribution in [3.8, 4) is 0 Å². The van der Waals surface area contributed by atoms with Crippen LogP contribution in [0.4, 0.5) is 5.95 Å². The van der Waals surface area contributed by atoms with Crippen LogP contribution >= 0.6 is 0 Å². The molecule has 4 heterocycles. The second kappa shape index (κ2) is 6.84. The zero-order chi connectivity index (χ0) is 17.2. The molecule has 132 valence electrons. The Hall–Kier alpha value is -2.41. The molecule has 1 amide bonds. The van der Waals surface area contributed by atoms with Crippen LogP contribution in [-0.4, -0.2) is 53.6 Å². The lowest BCUT2D eigenvalue weighted by Gasteiger charge is -2.32. The van der Waals surface area contributed by atoms with Crippen LogP contribution in [0, 0.1) is 6.92 Å². The van der Waals surface area contributed by atoms with Gasteiger partial charge in [0.1, 0.15) is 6.10 Å². The van der Waals surface area contributed by atoms with Crippen LogP contribution < -0.4 is 4.90 Å². The molecule has 2 aromatic rings. The molecule has 0 aliphatic carbocycles. The molecule has 1 atom stereocenters. The van der Waals surface area contributed by atoms with Gasteiger partial charge in [0.2, 0.25) is 5.95 Å². The number of hydrogen-bond donors (Lipinski definition) is 0. The standard InChI is InChI=1S/C18H22N4O3/c1-13-5-10-25-16(13)17(23)22-9-11-24-15(12-22)14-4-6-19-18(20-14)21-7-2-3-8-21/h4-6,10,15H,2-3,7-9,11-12H2,1H3/t15-/m0/s1. The maximum atomic E-state index is 12.7. The molecular weight excluding hydrogens is 320 g/mol. The van der Waals surface area contributed by atoms with E-state index in [1.165, 1.54) is 12.8 Å². The third-order valence-corrected chi connectivity index (χ3v) is 4.79. The average molecular weight is 342 g/mol. The summed E-state index contributed by atoms with van der Waals surface area (Å²) in [4.78, 5) is 25.7. The van der Waals surface area contributed by atoms with Gasteiger partial charge in [-0.1, -0.05) is 0 Å². The van der Waals surface area contributed by atoms with Gasteiger partial charge >= 0.3 is 0 Å². The summed E-state index contributed by atoms with van der Waals surface area (Å²) in [7, 11) is 0. The van der Waals surface area contributed by atoms with E-state index >= 15 is 0 Å². The highest BCUT2D eigenvalue weighted by Crippen LogP contribution is 2.24. The molecule has 2 aliphatic heterocycles. The van der Waals surface area contributed by atoms with Crippen LogP contribution in [0.25, 0.3) is 0 Å². The second-order valence-electron chi connectivity index (χ2n) is 6.52. The first-order chi connectivity index (χ1) is 12.2. The molecule has 0 saturated carbocycles. The fraction of sp³-hybridized carbons (Fsp3) is 0.500. The minimum atomic E-state index is -0.239. The number of amides is 1. The van der Waals surface area contributed by atoms with Gasteiger partial charge in [0.25, 0.3) is 5.91 Å². The number of anilines is 1. The molecule has 2 aromatic heterocycles. The molecule has 0 bridgehead atoms. The highest BCUT2D eigenvalue weighted by atomic mass is 16.5. The van der Waals surface area contributed by atoms with Crippen molar-refractivity contribution in [1.82, 2.24) is 14.9 Å². The van der Waals surface area contributed by atoms with E-state index in [4.69, 9.17) is 9.15 Å². The number of hydrogen-bond acceptors (Lipinski definition) is 6. The molecule has 4 rings (SSSR count). The number of aromatic nitrogens is 2. The molecule has 0 aromatic carbocycles. The van der Waals surface area contributed by atoms with Crippen molar-refractivity contribution >= 4 is 11.9 Å². The van der Waals surface area contributed by atoms with Crippen LogP contribution in [0.15, 0.2) is 29.0 Å². The molecule has 2 saturated heterocycles. The number of carbonyl (C=O) groups excluding carboxylic acids is 1. The van der Waals surface area contributed by atoms with E-state index in [0.29, 0.717) is 25.5 Å². The van der Waals surface area contributed by atoms with E-state index in [2.05, 4.69) is 14.9 Å². The highest BCUT2D eigenvalue weighted by Gasteiger charge is 2.29. The SMILES string of the molecule is Cc1ccoc1C(=O)N1CCO[C@H](c2ccnc(N3CCCC3)n2)C1. The van der Waals surface area contributed by atoms with Crippen LogP contribution in [0.5, 0.6) is 0 Å². The van der Waals surface area contributed by atoms with Gasteiger partial charge in [-0.3, -0.25) is 4.79 Å². The largest absolute Gasteiger partial charge is 0.459 e. The van der Waals surface area contributed by atoms with Crippen molar-refractivity contribution in [2.45, 2.75) is 25.9 Å². The van der Waals surface area contributed by atoms with E-state index < -0.39 is 0 Å². The Morgan fingerprint density at radius 1 is 1.24 bits per heavy atom. The lowest BCUT2D eigenvalue weighted by molar-refractivity contribution is -0.0257. The summed E-state index contributed by atoms with van der Waals surface area (Å²) in [6.07, 6.45) is 5.44. The Kier molecular flexibility index (Phi) is 4.40. The number of ether oxygens (including phenoxy) is 1. The summed E-state index contributed by atoms with van der Waals surface area (Å²) in [6, 6.07) is 3.67. The number of nitrogens with zero attached hydrogens (tertiary/aromatic N) is 4.